The Bertz CT molecular complexity index is 775. The summed E-state index contributed by atoms with van der Waals surface area (Å²) >= 11 is 0. The highest BCUT2D eigenvalue weighted by atomic mass is 16.6. The second kappa shape index (κ2) is 8.84. The van der Waals surface area contributed by atoms with Crippen molar-refractivity contribution < 1.29 is 14.5 Å². The van der Waals surface area contributed by atoms with Crippen LogP contribution in [0.3, 0.4) is 0 Å². The largest absolute Gasteiger partial charge is 0.494 e. The highest BCUT2D eigenvalue weighted by Crippen LogP contribution is 2.30. The molecule has 26 heavy (non-hydrogen) atoms. The van der Waals surface area contributed by atoms with E-state index in [1.807, 2.05) is 45.0 Å². The molecule has 1 amide bonds. The number of fused-ring (bicyclic) bond motifs is 1. The predicted octanol–water partition coefficient (Wildman–Crippen LogP) is 4.26. The van der Waals surface area contributed by atoms with Gasteiger partial charge >= 0.3 is 0 Å². The van der Waals surface area contributed by atoms with Gasteiger partial charge in [0.1, 0.15) is 11.9 Å². The van der Waals surface area contributed by atoms with Crippen LogP contribution in [-0.2, 0) is 0 Å². The lowest BCUT2D eigenvalue weighted by atomic mass is 10.0. The summed E-state index contributed by atoms with van der Waals surface area (Å²) in [5.41, 5.74) is 1.60. The number of anilines is 1. The summed E-state index contributed by atoms with van der Waals surface area (Å²) in [4.78, 5) is 22.6. The molecule has 0 radical (unpaired) electrons. The Kier molecular flexibility index (Phi) is 6.54. The number of carbonyl (C=O) groups excluding carboxylic acids is 1. The van der Waals surface area contributed by atoms with Crippen LogP contribution in [0, 0.1) is 10.1 Å². The fraction of sp³-hybridized carbons (Fsp3) is 0.316. The van der Waals surface area contributed by atoms with Crippen molar-refractivity contribution in [2.75, 3.05) is 11.9 Å². The lowest BCUT2D eigenvalue weighted by Gasteiger charge is -2.28. The van der Waals surface area contributed by atoms with Gasteiger partial charge in [-0.25, -0.2) is 0 Å². The molecule has 1 heterocycles. The van der Waals surface area contributed by atoms with Crippen LogP contribution in [0.25, 0.3) is 0 Å². The molecule has 2 aromatic rings. The molecule has 1 aliphatic heterocycles. The minimum atomic E-state index is -0.519. The van der Waals surface area contributed by atoms with Crippen LogP contribution in [0.2, 0.25) is 0 Å². The zero-order valence-corrected chi connectivity index (χ0v) is 15.1. The second-order valence-electron chi connectivity index (χ2n) is 5.46. The Morgan fingerprint density at radius 1 is 1.12 bits per heavy atom. The molecule has 0 spiro atoms. The molecule has 1 unspecified atom stereocenters. The van der Waals surface area contributed by atoms with Gasteiger partial charge in [0.25, 0.3) is 11.6 Å². The van der Waals surface area contributed by atoms with E-state index in [9.17, 15) is 14.9 Å². The predicted molar refractivity (Wildman–Crippen MR) is 101 cm³/mol. The minimum absolute atomic E-state index is 0.110. The number of nitrogens with one attached hydrogen (secondary N) is 2. The van der Waals surface area contributed by atoms with Crippen LogP contribution >= 0.6 is 0 Å². The van der Waals surface area contributed by atoms with Gasteiger partial charge in [-0.1, -0.05) is 32.9 Å². The molecule has 138 valence electrons. The molecule has 7 nitrogen and oxygen atoms in total. The summed E-state index contributed by atoms with van der Waals surface area (Å²) < 4.78 is 5.54. The van der Waals surface area contributed by atoms with Crippen LogP contribution in [-0.4, -0.2) is 17.4 Å². The van der Waals surface area contributed by atoms with Gasteiger partial charge in [0.2, 0.25) is 0 Å². The number of amides is 1. The molecule has 0 saturated carbocycles. The molecule has 0 saturated heterocycles. The van der Waals surface area contributed by atoms with E-state index in [1.54, 1.807) is 6.07 Å². The fourth-order valence-electron chi connectivity index (χ4n) is 2.50. The van der Waals surface area contributed by atoms with E-state index in [2.05, 4.69) is 10.6 Å². The third kappa shape index (κ3) is 4.30. The van der Waals surface area contributed by atoms with E-state index in [0.29, 0.717) is 12.3 Å². The first-order valence-corrected chi connectivity index (χ1v) is 8.67. The van der Waals surface area contributed by atoms with Gasteiger partial charge in [0.15, 0.2) is 0 Å². The Labute approximate surface area is 152 Å². The number of nitro benzene ring substituents is 1. The molecule has 2 N–H and O–H groups in total. The molecule has 0 fully saturated rings. The number of non-ortho nitro benzene ring substituents is 1. The third-order valence-corrected chi connectivity index (χ3v) is 3.72. The van der Waals surface area contributed by atoms with Gasteiger partial charge in [-0.05, 0) is 30.2 Å². The number of nitro groups is 1. The van der Waals surface area contributed by atoms with Gasteiger partial charge in [-0.2, -0.15) is 0 Å². The quantitative estimate of drug-likeness (QED) is 0.616. The number of hydrogen-bond acceptors (Lipinski definition) is 5. The smallest absolute Gasteiger partial charge is 0.270 e. The lowest BCUT2D eigenvalue weighted by molar-refractivity contribution is -0.384. The van der Waals surface area contributed by atoms with E-state index >= 15 is 0 Å². The number of benzene rings is 2. The van der Waals surface area contributed by atoms with Crippen LogP contribution in [0.1, 0.15) is 49.3 Å². The zero-order chi connectivity index (χ0) is 19.1. The van der Waals surface area contributed by atoms with Crippen LogP contribution in [0.5, 0.6) is 5.75 Å². The highest BCUT2D eigenvalue weighted by molar-refractivity contribution is 6.02. The Hall–Kier alpha value is -3.09. The first-order valence-electron chi connectivity index (χ1n) is 8.67. The van der Waals surface area contributed by atoms with Crippen molar-refractivity contribution in [2.24, 2.45) is 0 Å². The molecule has 3 rings (SSSR count). The molecular formula is C19H23N3O4. The Morgan fingerprint density at radius 3 is 2.42 bits per heavy atom. The Balaban J connectivity index is 0.00000117. The van der Waals surface area contributed by atoms with E-state index in [0.717, 1.165) is 17.7 Å². The zero-order valence-electron chi connectivity index (χ0n) is 15.1. The van der Waals surface area contributed by atoms with E-state index in [1.165, 1.54) is 12.1 Å². The van der Waals surface area contributed by atoms with Gasteiger partial charge in [0, 0.05) is 17.8 Å². The Morgan fingerprint density at radius 2 is 1.81 bits per heavy atom. The molecular weight excluding hydrogens is 334 g/mol. The molecule has 0 bridgehead atoms. The monoisotopic (exact) mass is 357 g/mol. The summed E-state index contributed by atoms with van der Waals surface area (Å²) in [6.07, 6.45) is 0.539. The van der Waals surface area contributed by atoms with Crippen molar-refractivity contribution in [1.29, 1.82) is 0 Å². The van der Waals surface area contributed by atoms with Crippen LogP contribution in [0.4, 0.5) is 11.4 Å². The van der Waals surface area contributed by atoms with Gasteiger partial charge < -0.3 is 15.4 Å². The summed E-state index contributed by atoms with van der Waals surface area (Å²) in [7, 11) is 0. The topological polar surface area (TPSA) is 93.5 Å². The number of hydrogen-bond donors (Lipinski definition) is 2. The average molecular weight is 357 g/mol. The lowest BCUT2D eigenvalue weighted by Crippen LogP contribution is -2.38. The van der Waals surface area contributed by atoms with E-state index < -0.39 is 11.1 Å². The number of rotatable bonds is 5. The highest BCUT2D eigenvalue weighted by Gasteiger charge is 2.26. The third-order valence-electron chi connectivity index (χ3n) is 3.72. The van der Waals surface area contributed by atoms with Gasteiger partial charge in [0.05, 0.1) is 17.1 Å². The summed E-state index contributed by atoms with van der Waals surface area (Å²) in [6, 6.07) is 11.7. The van der Waals surface area contributed by atoms with Crippen molar-refractivity contribution in [3.63, 3.8) is 0 Å². The summed E-state index contributed by atoms with van der Waals surface area (Å²) in [6.45, 7) is 6.70. The maximum absolute atomic E-state index is 12.3. The van der Waals surface area contributed by atoms with Gasteiger partial charge in [-0.3, -0.25) is 14.9 Å². The van der Waals surface area contributed by atoms with E-state index in [-0.39, 0.29) is 17.2 Å². The molecule has 7 heteroatoms. The first kappa shape index (κ1) is 19.2. The number of carbonyl (C=O) groups is 1. The maximum Gasteiger partial charge on any atom is 0.270 e. The van der Waals surface area contributed by atoms with Crippen molar-refractivity contribution in [2.45, 2.75) is 33.4 Å². The maximum atomic E-state index is 12.3. The molecule has 1 aliphatic rings. The standard InChI is InChI=1S/C17H17N3O4.C2H6/c1-2-9-24-13-6-3-11(4-7-13)16-18-15-8-5-12(20(22)23)10-14(15)17(21)19-16;1-2/h3-8,10,16,18H,2,9H2,1H3,(H,19,21);1-2H3. The molecule has 2 aromatic carbocycles. The molecule has 0 aromatic heterocycles. The molecule has 0 aliphatic carbocycles. The first-order chi connectivity index (χ1) is 12.6. The summed E-state index contributed by atoms with van der Waals surface area (Å²) in [5.74, 6) is 0.433. The van der Waals surface area contributed by atoms with Crippen molar-refractivity contribution in [3.8, 4) is 5.75 Å². The minimum Gasteiger partial charge on any atom is -0.494 e. The fourth-order valence-corrected chi connectivity index (χ4v) is 2.50. The normalized spacial score (nSPS) is 14.9. The number of nitrogens with zero attached hydrogens (tertiary/aromatic N) is 1. The van der Waals surface area contributed by atoms with E-state index in [4.69, 9.17) is 4.74 Å². The second-order valence-corrected chi connectivity index (χ2v) is 5.46. The van der Waals surface area contributed by atoms with Crippen LogP contribution < -0.4 is 15.4 Å². The van der Waals surface area contributed by atoms with Crippen molar-refractivity contribution in [3.05, 3.63) is 63.7 Å². The summed E-state index contributed by atoms with van der Waals surface area (Å²) in [5, 5.41) is 16.8. The van der Waals surface area contributed by atoms with Crippen molar-refractivity contribution >= 4 is 17.3 Å². The van der Waals surface area contributed by atoms with Crippen molar-refractivity contribution in [1.82, 2.24) is 5.32 Å². The SMILES string of the molecule is CC.CCCOc1ccc(C2NC(=O)c3cc([N+](=O)[O-])ccc3N2)cc1. The number of ether oxygens (including phenoxy) is 1. The average Bonchev–Trinajstić information content (AvgIpc) is 2.68. The van der Waals surface area contributed by atoms with Gasteiger partial charge in [-0.15, -0.1) is 0 Å². The molecule has 1 atom stereocenters. The van der Waals surface area contributed by atoms with Crippen LogP contribution in [0.15, 0.2) is 42.5 Å².